The number of carbonyl (C=O) groups excluding carboxylic acids is 1. The molecule has 0 saturated heterocycles. The Labute approximate surface area is 142 Å². The summed E-state index contributed by atoms with van der Waals surface area (Å²) in [7, 11) is 1.77. The molecule has 2 amide bonds. The molecule has 3 N–H and O–H groups in total. The number of hydrogen-bond acceptors (Lipinski definition) is 3. The zero-order valence-electron chi connectivity index (χ0n) is 14.2. The number of urea groups is 1. The summed E-state index contributed by atoms with van der Waals surface area (Å²) in [5.74, 6) is -0.779. The Morgan fingerprint density at radius 1 is 1.21 bits per heavy atom. The quantitative estimate of drug-likeness (QED) is 0.772. The SMILES string of the molecule is CC(Cc1ccc(O)cc1)N(C)C(=O)NC1CCC(C(=O)O)CC1. The van der Waals surface area contributed by atoms with E-state index in [1.54, 1.807) is 24.1 Å². The van der Waals surface area contributed by atoms with E-state index >= 15 is 0 Å². The van der Waals surface area contributed by atoms with Crippen molar-refractivity contribution in [3.05, 3.63) is 29.8 Å². The van der Waals surface area contributed by atoms with Crippen LogP contribution in [0.25, 0.3) is 0 Å². The number of carboxylic acids is 1. The molecule has 1 unspecified atom stereocenters. The van der Waals surface area contributed by atoms with Crippen molar-refractivity contribution in [2.75, 3.05) is 7.05 Å². The molecule has 2 rings (SSSR count). The molecule has 132 valence electrons. The van der Waals surface area contributed by atoms with Crippen LogP contribution in [-0.4, -0.2) is 46.2 Å². The van der Waals surface area contributed by atoms with E-state index in [4.69, 9.17) is 5.11 Å². The molecule has 1 aromatic carbocycles. The molecule has 0 aromatic heterocycles. The number of amides is 2. The average molecular weight is 334 g/mol. The van der Waals surface area contributed by atoms with Crippen LogP contribution in [0.3, 0.4) is 0 Å². The van der Waals surface area contributed by atoms with E-state index in [2.05, 4.69) is 5.32 Å². The van der Waals surface area contributed by atoms with Crippen molar-refractivity contribution < 1.29 is 19.8 Å². The molecule has 0 bridgehead atoms. The monoisotopic (exact) mass is 334 g/mol. The number of aromatic hydroxyl groups is 1. The van der Waals surface area contributed by atoms with Crippen molar-refractivity contribution in [3.63, 3.8) is 0 Å². The number of likely N-dealkylation sites (N-methyl/N-ethyl adjacent to an activating group) is 1. The third-order valence-electron chi connectivity index (χ3n) is 4.85. The fraction of sp³-hybridized carbons (Fsp3) is 0.556. The number of rotatable bonds is 5. The summed E-state index contributed by atoms with van der Waals surface area (Å²) in [6, 6.07) is 6.93. The molecule has 0 spiro atoms. The Kier molecular flexibility index (Phi) is 6.06. The van der Waals surface area contributed by atoms with Gasteiger partial charge in [0.05, 0.1) is 5.92 Å². The van der Waals surface area contributed by atoms with Gasteiger partial charge in [0.15, 0.2) is 0 Å². The summed E-state index contributed by atoms with van der Waals surface area (Å²) >= 11 is 0. The molecule has 24 heavy (non-hydrogen) atoms. The number of phenols is 1. The molecular formula is C18H26N2O4. The van der Waals surface area contributed by atoms with Gasteiger partial charge in [0.25, 0.3) is 0 Å². The number of aliphatic carboxylic acids is 1. The summed E-state index contributed by atoms with van der Waals surface area (Å²) < 4.78 is 0. The predicted molar refractivity (Wildman–Crippen MR) is 90.9 cm³/mol. The fourth-order valence-corrected chi connectivity index (χ4v) is 3.07. The van der Waals surface area contributed by atoms with E-state index in [9.17, 15) is 14.7 Å². The van der Waals surface area contributed by atoms with Crippen LogP contribution >= 0.6 is 0 Å². The lowest BCUT2D eigenvalue weighted by Gasteiger charge is -2.31. The van der Waals surface area contributed by atoms with Crippen molar-refractivity contribution >= 4 is 12.0 Å². The van der Waals surface area contributed by atoms with Crippen LogP contribution in [0.1, 0.15) is 38.2 Å². The second-order valence-corrected chi connectivity index (χ2v) is 6.67. The Hall–Kier alpha value is -2.24. The lowest BCUT2D eigenvalue weighted by Crippen LogP contribution is -2.48. The smallest absolute Gasteiger partial charge is 0.317 e. The number of phenolic OH excluding ortho intramolecular Hbond substituents is 1. The van der Waals surface area contributed by atoms with Gasteiger partial charge in [-0.25, -0.2) is 4.79 Å². The van der Waals surface area contributed by atoms with E-state index in [0.717, 1.165) is 5.56 Å². The van der Waals surface area contributed by atoms with Gasteiger partial charge in [-0.3, -0.25) is 4.79 Å². The highest BCUT2D eigenvalue weighted by Crippen LogP contribution is 2.24. The van der Waals surface area contributed by atoms with E-state index in [1.807, 2.05) is 19.1 Å². The van der Waals surface area contributed by atoms with Gasteiger partial charge < -0.3 is 20.4 Å². The molecule has 1 fully saturated rings. The maximum atomic E-state index is 12.4. The van der Waals surface area contributed by atoms with E-state index in [-0.39, 0.29) is 29.8 Å². The minimum absolute atomic E-state index is 0.0184. The molecule has 0 radical (unpaired) electrons. The highest BCUT2D eigenvalue weighted by atomic mass is 16.4. The number of nitrogens with zero attached hydrogens (tertiary/aromatic N) is 1. The van der Waals surface area contributed by atoms with Crippen molar-refractivity contribution in [1.82, 2.24) is 10.2 Å². The molecule has 0 aliphatic heterocycles. The normalized spacial score (nSPS) is 21.8. The number of carboxylic acid groups (broad SMARTS) is 1. The van der Waals surface area contributed by atoms with Crippen LogP contribution in [-0.2, 0) is 11.2 Å². The topological polar surface area (TPSA) is 89.9 Å². The summed E-state index contributed by atoms with van der Waals surface area (Å²) in [5.41, 5.74) is 1.06. The van der Waals surface area contributed by atoms with Gasteiger partial charge in [-0.15, -0.1) is 0 Å². The van der Waals surface area contributed by atoms with Crippen LogP contribution in [0.4, 0.5) is 4.79 Å². The van der Waals surface area contributed by atoms with Crippen molar-refractivity contribution in [3.8, 4) is 5.75 Å². The maximum absolute atomic E-state index is 12.4. The van der Waals surface area contributed by atoms with Crippen LogP contribution in [0.5, 0.6) is 5.75 Å². The van der Waals surface area contributed by atoms with Gasteiger partial charge in [-0.05, 0) is 56.7 Å². The second-order valence-electron chi connectivity index (χ2n) is 6.67. The fourth-order valence-electron chi connectivity index (χ4n) is 3.07. The minimum Gasteiger partial charge on any atom is -0.508 e. The number of hydrogen-bond donors (Lipinski definition) is 3. The first kappa shape index (κ1) is 18.1. The third-order valence-corrected chi connectivity index (χ3v) is 4.85. The van der Waals surface area contributed by atoms with E-state index in [0.29, 0.717) is 32.1 Å². The summed E-state index contributed by atoms with van der Waals surface area (Å²) in [4.78, 5) is 25.0. The highest BCUT2D eigenvalue weighted by Gasteiger charge is 2.27. The molecule has 1 atom stereocenters. The maximum Gasteiger partial charge on any atom is 0.317 e. The number of benzene rings is 1. The molecular weight excluding hydrogens is 308 g/mol. The largest absolute Gasteiger partial charge is 0.508 e. The van der Waals surface area contributed by atoms with E-state index in [1.165, 1.54) is 0 Å². The zero-order chi connectivity index (χ0) is 17.7. The van der Waals surface area contributed by atoms with Gasteiger partial charge in [-0.2, -0.15) is 0 Å². The lowest BCUT2D eigenvalue weighted by molar-refractivity contribution is -0.142. The minimum atomic E-state index is -0.737. The van der Waals surface area contributed by atoms with Crippen molar-refractivity contribution in [2.45, 2.75) is 51.1 Å². The van der Waals surface area contributed by atoms with Crippen LogP contribution in [0, 0.1) is 5.92 Å². The van der Waals surface area contributed by atoms with Gasteiger partial charge in [0, 0.05) is 19.1 Å². The molecule has 6 nitrogen and oxygen atoms in total. The van der Waals surface area contributed by atoms with Gasteiger partial charge >= 0.3 is 12.0 Å². The molecule has 1 aliphatic carbocycles. The average Bonchev–Trinajstić information content (AvgIpc) is 2.56. The highest BCUT2D eigenvalue weighted by molar-refractivity contribution is 5.74. The first-order valence-electron chi connectivity index (χ1n) is 8.41. The molecule has 1 aliphatic rings. The van der Waals surface area contributed by atoms with Crippen molar-refractivity contribution in [1.29, 1.82) is 0 Å². The van der Waals surface area contributed by atoms with E-state index < -0.39 is 5.97 Å². The molecule has 6 heteroatoms. The van der Waals surface area contributed by atoms with Gasteiger partial charge in [0.1, 0.15) is 5.75 Å². The first-order valence-corrected chi connectivity index (χ1v) is 8.41. The first-order chi connectivity index (χ1) is 11.4. The molecule has 0 heterocycles. The second kappa shape index (κ2) is 8.04. The molecule has 1 aromatic rings. The lowest BCUT2D eigenvalue weighted by atomic mass is 9.86. The van der Waals surface area contributed by atoms with Crippen LogP contribution in [0.15, 0.2) is 24.3 Å². The zero-order valence-corrected chi connectivity index (χ0v) is 14.2. The van der Waals surface area contributed by atoms with Gasteiger partial charge in [-0.1, -0.05) is 12.1 Å². The third kappa shape index (κ3) is 4.88. The Balaban J connectivity index is 1.81. The van der Waals surface area contributed by atoms with Crippen LogP contribution < -0.4 is 5.32 Å². The van der Waals surface area contributed by atoms with Crippen molar-refractivity contribution in [2.24, 2.45) is 5.92 Å². The number of carbonyl (C=O) groups is 2. The Bertz CT molecular complexity index is 565. The van der Waals surface area contributed by atoms with Gasteiger partial charge in [0.2, 0.25) is 0 Å². The van der Waals surface area contributed by atoms with Crippen LogP contribution in [0.2, 0.25) is 0 Å². The predicted octanol–water partition coefficient (Wildman–Crippen LogP) is 2.61. The summed E-state index contributed by atoms with van der Waals surface area (Å²) in [6.07, 6.45) is 3.36. The molecule has 1 saturated carbocycles. The standard InChI is InChI=1S/C18H26N2O4/c1-12(11-13-3-9-16(21)10-4-13)20(2)18(24)19-15-7-5-14(6-8-15)17(22)23/h3-4,9-10,12,14-15,21H,5-8,11H2,1-2H3,(H,19,24)(H,22,23). The Morgan fingerprint density at radius 2 is 1.79 bits per heavy atom. The summed E-state index contributed by atoms with van der Waals surface area (Å²) in [6.45, 7) is 1.98. The summed E-state index contributed by atoms with van der Waals surface area (Å²) in [5, 5.41) is 21.3. The number of nitrogens with one attached hydrogen (secondary N) is 1. The Morgan fingerprint density at radius 3 is 2.33 bits per heavy atom.